The highest BCUT2D eigenvalue weighted by molar-refractivity contribution is 5.91. The van der Waals surface area contributed by atoms with Gasteiger partial charge in [-0.1, -0.05) is 0 Å². The number of aromatic carboxylic acids is 1. The van der Waals surface area contributed by atoms with Crippen molar-refractivity contribution in [1.29, 1.82) is 5.26 Å². The number of nitriles is 1. The molecule has 0 spiro atoms. The van der Waals surface area contributed by atoms with Gasteiger partial charge >= 0.3 is 5.97 Å². The average Bonchev–Trinajstić information content (AvgIpc) is 2.67. The predicted molar refractivity (Wildman–Crippen MR) is 100 cm³/mol. The molecule has 0 saturated carbocycles. The second-order valence-corrected chi connectivity index (χ2v) is 5.61. The normalized spacial score (nSPS) is 9.48. The van der Waals surface area contributed by atoms with Crippen molar-refractivity contribution in [2.75, 3.05) is 14.2 Å². The van der Waals surface area contributed by atoms with Crippen LogP contribution in [0, 0.1) is 45.4 Å². The zero-order valence-corrected chi connectivity index (χ0v) is 16.0. The summed E-state index contributed by atoms with van der Waals surface area (Å²) in [4.78, 5) is 30.8. The van der Waals surface area contributed by atoms with Crippen LogP contribution in [0.1, 0.15) is 27.0 Å². The lowest BCUT2D eigenvalue weighted by atomic mass is 10.1. The Morgan fingerprint density at radius 2 is 1.41 bits per heavy atom. The highest BCUT2D eigenvalue weighted by atomic mass is 16.6. The van der Waals surface area contributed by atoms with Gasteiger partial charge in [0.1, 0.15) is 23.1 Å². The molecule has 0 heterocycles. The predicted octanol–water partition coefficient (Wildman–Crippen LogP) is 3.39. The summed E-state index contributed by atoms with van der Waals surface area (Å²) >= 11 is 0. The number of rotatable bonds is 5. The highest BCUT2D eigenvalue weighted by Gasteiger charge is 2.19. The van der Waals surface area contributed by atoms with Crippen LogP contribution in [-0.2, 0) is 0 Å². The molecule has 0 aliphatic carbocycles. The molecule has 11 nitrogen and oxygen atoms in total. The number of carboxylic acid groups (broad SMARTS) is 1. The molecule has 0 unspecified atom stereocenters. The van der Waals surface area contributed by atoms with Crippen LogP contribution in [0.25, 0.3) is 0 Å². The van der Waals surface area contributed by atoms with E-state index < -0.39 is 15.8 Å². The first-order chi connectivity index (χ1) is 13.6. The topological polar surface area (TPSA) is 166 Å². The number of aryl methyl sites for hydroxylation is 2. The number of hydrogen-bond acceptors (Lipinski definition) is 8. The highest BCUT2D eigenvalue weighted by Crippen LogP contribution is 2.29. The van der Waals surface area contributed by atoms with Crippen molar-refractivity contribution in [1.82, 2.24) is 0 Å². The van der Waals surface area contributed by atoms with Crippen molar-refractivity contribution in [3.8, 4) is 17.6 Å². The Balaban J connectivity index is 0.000000291. The van der Waals surface area contributed by atoms with Crippen molar-refractivity contribution in [3.63, 3.8) is 0 Å². The van der Waals surface area contributed by atoms with Gasteiger partial charge in [-0.3, -0.25) is 20.2 Å². The first-order valence-electron chi connectivity index (χ1n) is 7.86. The molecule has 1 N–H and O–H groups in total. The number of carboxylic acids is 1. The Kier molecular flexibility index (Phi) is 7.60. The molecule has 0 amide bonds. The van der Waals surface area contributed by atoms with Gasteiger partial charge in [0.25, 0.3) is 11.4 Å². The minimum Gasteiger partial charge on any atom is -0.496 e. The molecule has 2 aromatic rings. The lowest BCUT2D eigenvalue weighted by molar-refractivity contribution is -0.385. The Morgan fingerprint density at radius 1 is 0.966 bits per heavy atom. The molecule has 0 radical (unpaired) electrons. The number of nitro groups is 2. The second kappa shape index (κ2) is 9.65. The second-order valence-electron chi connectivity index (χ2n) is 5.61. The number of carbonyl (C=O) groups is 1. The number of hydrogen-bond donors (Lipinski definition) is 1. The number of methoxy groups -OCH3 is 2. The van der Waals surface area contributed by atoms with Gasteiger partial charge in [-0.15, -0.1) is 0 Å². The summed E-state index contributed by atoms with van der Waals surface area (Å²) in [6, 6.07) is 6.94. The summed E-state index contributed by atoms with van der Waals surface area (Å²) in [5.74, 6) is -0.963. The van der Waals surface area contributed by atoms with Crippen LogP contribution < -0.4 is 9.47 Å². The smallest absolute Gasteiger partial charge is 0.339 e. The molecule has 11 heteroatoms. The van der Waals surface area contributed by atoms with E-state index in [9.17, 15) is 25.0 Å². The van der Waals surface area contributed by atoms with Gasteiger partial charge < -0.3 is 14.6 Å². The van der Waals surface area contributed by atoms with Gasteiger partial charge in [-0.2, -0.15) is 5.26 Å². The van der Waals surface area contributed by atoms with Gasteiger partial charge in [0.15, 0.2) is 0 Å². The Bertz CT molecular complexity index is 1010. The third-order valence-corrected chi connectivity index (χ3v) is 3.78. The maximum Gasteiger partial charge on any atom is 0.339 e. The number of benzene rings is 2. The van der Waals surface area contributed by atoms with Gasteiger partial charge in [0.2, 0.25) is 0 Å². The van der Waals surface area contributed by atoms with E-state index in [1.54, 1.807) is 6.92 Å². The summed E-state index contributed by atoms with van der Waals surface area (Å²) in [5.41, 5.74) is 0.763. The average molecular weight is 403 g/mol. The molecule has 0 bridgehead atoms. The van der Waals surface area contributed by atoms with Crippen molar-refractivity contribution in [2.24, 2.45) is 0 Å². The van der Waals surface area contributed by atoms with Crippen LogP contribution in [0.4, 0.5) is 11.4 Å². The fourth-order valence-electron chi connectivity index (χ4n) is 2.34. The fraction of sp³-hybridized carbons (Fsp3) is 0.222. The van der Waals surface area contributed by atoms with Crippen molar-refractivity contribution >= 4 is 17.3 Å². The van der Waals surface area contributed by atoms with E-state index in [0.29, 0.717) is 16.7 Å². The lowest BCUT2D eigenvalue weighted by Gasteiger charge is -2.06. The summed E-state index contributed by atoms with van der Waals surface area (Å²) < 4.78 is 9.62. The van der Waals surface area contributed by atoms with E-state index in [-0.39, 0.29) is 28.4 Å². The monoisotopic (exact) mass is 403 g/mol. The fourth-order valence-corrected chi connectivity index (χ4v) is 2.34. The first kappa shape index (κ1) is 22.8. The molecule has 0 saturated heterocycles. The van der Waals surface area contributed by atoms with Gasteiger partial charge in [-0.05, 0) is 26.0 Å². The lowest BCUT2D eigenvalue weighted by Crippen LogP contribution is -2.03. The molecule has 0 aliphatic heterocycles. The van der Waals surface area contributed by atoms with Crippen molar-refractivity contribution in [3.05, 3.63) is 66.7 Å². The summed E-state index contributed by atoms with van der Waals surface area (Å²) in [5, 5.41) is 38.6. The molecule has 0 aliphatic rings. The van der Waals surface area contributed by atoms with E-state index in [0.717, 1.165) is 6.07 Å². The molecular formula is C18H17N3O8. The largest absolute Gasteiger partial charge is 0.496 e. The summed E-state index contributed by atoms with van der Waals surface area (Å²) in [6.45, 7) is 3.06. The van der Waals surface area contributed by atoms with E-state index in [1.165, 1.54) is 39.3 Å². The zero-order valence-electron chi connectivity index (χ0n) is 16.0. The van der Waals surface area contributed by atoms with Crippen LogP contribution in [0.2, 0.25) is 0 Å². The summed E-state index contributed by atoms with van der Waals surface area (Å²) in [6.07, 6.45) is 0. The Hall–Kier alpha value is -4.20. The van der Waals surface area contributed by atoms with Crippen molar-refractivity contribution < 1.29 is 29.2 Å². The van der Waals surface area contributed by atoms with Crippen LogP contribution in [0.3, 0.4) is 0 Å². The number of nitrogens with zero attached hydrogens (tertiary/aromatic N) is 3. The molecule has 2 rings (SSSR count). The molecule has 0 aromatic heterocycles. The van der Waals surface area contributed by atoms with Crippen molar-refractivity contribution in [2.45, 2.75) is 13.8 Å². The Labute approximate surface area is 165 Å². The molecule has 2 aromatic carbocycles. The third-order valence-electron chi connectivity index (χ3n) is 3.78. The van der Waals surface area contributed by atoms with Crippen LogP contribution in [0.15, 0.2) is 24.3 Å². The van der Waals surface area contributed by atoms with Gasteiger partial charge in [-0.25, -0.2) is 4.79 Å². The SMILES string of the molecule is COc1cc([N+](=O)[O-])c(C)cc1C#N.COc1cc([N+](=O)[O-])c(C)cc1C(=O)O. The van der Waals surface area contributed by atoms with Gasteiger partial charge in [0.05, 0.1) is 41.8 Å². The van der Waals surface area contributed by atoms with E-state index in [2.05, 4.69) is 0 Å². The Morgan fingerprint density at radius 3 is 1.79 bits per heavy atom. The molecular weight excluding hydrogens is 386 g/mol. The van der Waals surface area contributed by atoms with Crippen LogP contribution >= 0.6 is 0 Å². The first-order valence-corrected chi connectivity index (χ1v) is 7.86. The zero-order chi connectivity index (χ0) is 22.3. The standard InChI is InChI=1S/C9H8N2O3.C9H9NO5/c1-6-3-7(5-10)9(14-2)4-8(6)11(12)13;1-5-3-6(9(11)12)8(15-2)4-7(5)10(13)14/h3-4H,1-2H3;3-4H,1-2H3,(H,11,12). The quantitative estimate of drug-likeness (QED) is 0.581. The molecule has 152 valence electrons. The maximum atomic E-state index is 10.8. The maximum absolute atomic E-state index is 10.8. The molecule has 0 fully saturated rings. The number of nitro benzene ring substituents is 2. The van der Waals surface area contributed by atoms with E-state index >= 15 is 0 Å². The van der Waals surface area contributed by atoms with Crippen LogP contribution in [0.5, 0.6) is 11.5 Å². The third kappa shape index (κ3) is 5.39. The summed E-state index contributed by atoms with van der Waals surface area (Å²) in [7, 11) is 2.63. The minimum atomic E-state index is -1.18. The minimum absolute atomic E-state index is 0.0141. The van der Waals surface area contributed by atoms with E-state index in [4.69, 9.17) is 19.8 Å². The number of ether oxygens (including phenoxy) is 2. The molecule has 29 heavy (non-hydrogen) atoms. The molecule has 0 atom stereocenters. The van der Waals surface area contributed by atoms with E-state index in [1.807, 2.05) is 6.07 Å². The van der Waals surface area contributed by atoms with Crippen LogP contribution in [-0.4, -0.2) is 35.1 Å². The van der Waals surface area contributed by atoms with Gasteiger partial charge in [0, 0.05) is 11.1 Å².